The molecule has 10 heteroatoms. The van der Waals surface area contributed by atoms with Gasteiger partial charge < -0.3 is 15.4 Å². The number of fused-ring (bicyclic) bond motifs is 4. The van der Waals surface area contributed by atoms with Gasteiger partial charge in [-0.25, -0.2) is 14.4 Å². The number of amides is 1. The molecule has 2 aromatic carbocycles. The van der Waals surface area contributed by atoms with Gasteiger partial charge in [-0.05, 0) is 42.7 Å². The summed E-state index contributed by atoms with van der Waals surface area (Å²) in [6, 6.07) is 8.47. The molecule has 4 heterocycles. The smallest absolute Gasteiger partial charge is 0.257 e. The Bertz CT molecular complexity index is 1700. The van der Waals surface area contributed by atoms with E-state index in [1.165, 1.54) is 17.0 Å². The van der Waals surface area contributed by atoms with Gasteiger partial charge in [-0.3, -0.25) is 13.9 Å². The maximum Gasteiger partial charge on any atom is 0.257 e. The van der Waals surface area contributed by atoms with Gasteiger partial charge in [0.15, 0.2) is 0 Å². The maximum atomic E-state index is 15.2. The normalized spacial score (nSPS) is 16.7. The molecule has 3 aromatic heterocycles. The fourth-order valence-electron chi connectivity index (χ4n) is 5.09. The third-order valence-electron chi connectivity index (χ3n) is 7.19. The standard InChI is InChI=1S/C27H26FN7O2/c1-27(2)19-7-15(16-10-31-33(3)12-16)5-6-17(19)24(13-37-27)34(4)26(36)18-8-22-21(9-20(18)28)32-25(29)23-11-30-14-35(22)23/h5-12,14,24H,13H2,1-4H3,(H2,29,32)/t24-/m1/s1. The molecular formula is C27H26FN7O2. The van der Waals surface area contributed by atoms with Crippen molar-refractivity contribution in [2.24, 2.45) is 7.05 Å². The first kappa shape index (κ1) is 23.1. The van der Waals surface area contributed by atoms with Crippen molar-refractivity contribution in [1.29, 1.82) is 0 Å². The first-order chi connectivity index (χ1) is 17.6. The molecule has 0 radical (unpaired) electrons. The fourth-order valence-corrected chi connectivity index (χ4v) is 5.09. The molecule has 0 saturated heterocycles. The van der Waals surface area contributed by atoms with E-state index in [1.807, 2.05) is 45.4 Å². The van der Waals surface area contributed by atoms with E-state index in [0.29, 0.717) is 16.6 Å². The van der Waals surface area contributed by atoms with Crippen LogP contribution >= 0.6 is 0 Å². The molecule has 188 valence electrons. The monoisotopic (exact) mass is 499 g/mol. The number of aryl methyl sites for hydroxylation is 1. The van der Waals surface area contributed by atoms with Gasteiger partial charge in [0.2, 0.25) is 0 Å². The highest BCUT2D eigenvalue weighted by Crippen LogP contribution is 2.41. The van der Waals surface area contributed by atoms with Crippen molar-refractivity contribution in [3.8, 4) is 11.1 Å². The molecule has 6 rings (SSSR count). The predicted octanol–water partition coefficient (Wildman–Crippen LogP) is 4.08. The van der Waals surface area contributed by atoms with Crippen molar-refractivity contribution < 1.29 is 13.9 Å². The number of hydrogen-bond acceptors (Lipinski definition) is 6. The zero-order chi connectivity index (χ0) is 26.1. The second-order valence-electron chi connectivity index (χ2n) is 9.92. The van der Waals surface area contributed by atoms with Crippen LogP contribution in [0.15, 0.2) is 55.2 Å². The van der Waals surface area contributed by atoms with Gasteiger partial charge in [0.05, 0.1) is 53.6 Å². The number of likely N-dealkylation sites (N-methyl/N-ethyl adjacent to an activating group) is 1. The molecule has 1 atom stereocenters. The molecule has 0 aliphatic carbocycles. The van der Waals surface area contributed by atoms with Gasteiger partial charge in [-0.1, -0.05) is 12.1 Å². The lowest BCUT2D eigenvalue weighted by molar-refractivity contribution is -0.0611. The molecule has 5 aromatic rings. The van der Waals surface area contributed by atoms with Crippen LogP contribution in [0.5, 0.6) is 0 Å². The number of nitrogen functional groups attached to an aromatic ring is 1. The summed E-state index contributed by atoms with van der Waals surface area (Å²) in [5.74, 6) is -0.884. The summed E-state index contributed by atoms with van der Waals surface area (Å²) in [5.41, 5.74) is 10.8. The minimum Gasteiger partial charge on any atom is -0.382 e. The van der Waals surface area contributed by atoms with Crippen LogP contribution in [0.25, 0.3) is 27.7 Å². The molecule has 9 nitrogen and oxygen atoms in total. The summed E-state index contributed by atoms with van der Waals surface area (Å²) < 4.78 is 24.9. The van der Waals surface area contributed by atoms with Crippen molar-refractivity contribution >= 4 is 28.3 Å². The number of halogens is 1. The average molecular weight is 500 g/mol. The second-order valence-corrected chi connectivity index (χ2v) is 9.92. The number of carbonyl (C=O) groups is 1. The first-order valence-corrected chi connectivity index (χ1v) is 11.9. The van der Waals surface area contributed by atoms with E-state index in [4.69, 9.17) is 10.5 Å². The molecule has 0 unspecified atom stereocenters. The number of hydrogen-bond donors (Lipinski definition) is 1. The highest BCUT2D eigenvalue weighted by atomic mass is 19.1. The fraction of sp³-hybridized carbons (Fsp3) is 0.259. The second kappa shape index (κ2) is 8.10. The summed E-state index contributed by atoms with van der Waals surface area (Å²) in [7, 11) is 3.55. The number of benzene rings is 2. The molecule has 0 fully saturated rings. The quantitative estimate of drug-likeness (QED) is 0.401. The highest BCUT2D eigenvalue weighted by molar-refractivity contribution is 5.98. The SMILES string of the molecule is CN(C(=O)c1cc2c(cc1F)nc(N)c1cncn12)[C@@H]1COC(C)(C)c2cc(-c3cnn(C)c3)ccc21. The van der Waals surface area contributed by atoms with Gasteiger partial charge in [-0.15, -0.1) is 0 Å². The molecule has 0 saturated carbocycles. The topological polar surface area (TPSA) is 104 Å². The lowest BCUT2D eigenvalue weighted by Crippen LogP contribution is -2.41. The molecule has 37 heavy (non-hydrogen) atoms. The molecule has 1 amide bonds. The third-order valence-corrected chi connectivity index (χ3v) is 7.19. The Balaban J connectivity index is 1.40. The van der Waals surface area contributed by atoms with Gasteiger partial charge in [-0.2, -0.15) is 5.10 Å². The van der Waals surface area contributed by atoms with Crippen LogP contribution in [0.4, 0.5) is 10.2 Å². The Morgan fingerprint density at radius 3 is 2.76 bits per heavy atom. The maximum absolute atomic E-state index is 15.2. The Labute approximate surface area is 212 Å². The van der Waals surface area contributed by atoms with Crippen LogP contribution in [-0.2, 0) is 17.4 Å². The molecule has 2 N–H and O–H groups in total. The minimum absolute atomic E-state index is 0.0602. The number of nitrogens with two attached hydrogens (primary N) is 1. The van der Waals surface area contributed by atoms with Gasteiger partial charge in [0.1, 0.15) is 17.2 Å². The Morgan fingerprint density at radius 1 is 1.19 bits per heavy atom. The molecule has 0 bridgehead atoms. The van der Waals surface area contributed by atoms with Crippen molar-refractivity contribution in [3.63, 3.8) is 0 Å². The predicted molar refractivity (Wildman–Crippen MR) is 137 cm³/mol. The van der Waals surface area contributed by atoms with Crippen molar-refractivity contribution in [3.05, 3.63) is 77.8 Å². The number of aromatic nitrogens is 5. The summed E-state index contributed by atoms with van der Waals surface area (Å²) in [6.45, 7) is 4.30. The Morgan fingerprint density at radius 2 is 2.00 bits per heavy atom. The zero-order valence-electron chi connectivity index (χ0n) is 20.9. The number of imidazole rings is 1. The van der Waals surface area contributed by atoms with Gasteiger partial charge in [0.25, 0.3) is 5.91 Å². The molecular weight excluding hydrogens is 473 g/mol. The van der Waals surface area contributed by atoms with E-state index in [1.54, 1.807) is 28.7 Å². The number of rotatable bonds is 3. The van der Waals surface area contributed by atoms with E-state index >= 15 is 4.39 Å². The number of anilines is 1. The van der Waals surface area contributed by atoms with Gasteiger partial charge in [0, 0.05) is 31.9 Å². The van der Waals surface area contributed by atoms with E-state index < -0.39 is 23.4 Å². The average Bonchev–Trinajstić information content (AvgIpc) is 3.53. The largest absolute Gasteiger partial charge is 0.382 e. The first-order valence-electron chi connectivity index (χ1n) is 11.9. The summed E-state index contributed by atoms with van der Waals surface area (Å²) >= 11 is 0. The van der Waals surface area contributed by atoms with Crippen molar-refractivity contribution in [1.82, 2.24) is 29.0 Å². The minimum atomic E-state index is -0.667. The Hall–Kier alpha value is -4.31. The zero-order valence-corrected chi connectivity index (χ0v) is 20.9. The third kappa shape index (κ3) is 3.63. The van der Waals surface area contributed by atoms with Crippen LogP contribution in [0, 0.1) is 5.82 Å². The summed E-state index contributed by atoms with van der Waals surface area (Å²) in [4.78, 5) is 23.6. The number of ether oxygens (including phenoxy) is 1. The van der Waals surface area contributed by atoms with E-state index in [-0.39, 0.29) is 18.0 Å². The van der Waals surface area contributed by atoms with Crippen LogP contribution in [0.1, 0.15) is 41.4 Å². The number of carbonyl (C=O) groups excluding carboxylic acids is 1. The molecule has 0 spiro atoms. The lowest BCUT2D eigenvalue weighted by Gasteiger charge is -2.41. The van der Waals surface area contributed by atoms with Crippen molar-refractivity contribution in [2.75, 3.05) is 19.4 Å². The van der Waals surface area contributed by atoms with Crippen molar-refractivity contribution in [2.45, 2.75) is 25.5 Å². The number of nitrogens with zero attached hydrogens (tertiary/aromatic N) is 6. The van der Waals surface area contributed by atoms with Gasteiger partial charge >= 0.3 is 0 Å². The molecule has 1 aliphatic rings. The van der Waals surface area contributed by atoms with Crippen LogP contribution < -0.4 is 5.73 Å². The Kier molecular flexibility index (Phi) is 5.06. The summed E-state index contributed by atoms with van der Waals surface area (Å²) in [6.07, 6.45) is 6.91. The highest BCUT2D eigenvalue weighted by Gasteiger charge is 2.37. The van der Waals surface area contributed by atoms with Crippen LogP contribution in [0.2, 0.25) is 0 Å². The summed E-state index contributed by atoms with van der Waals surface area (Å²) in [5, 5.41) is 4.27. The van der Waals surface area contributed by atoms with E-state index in [0.717, 1.165) is 22.3 Å². The van der Waals surface area contributed by atoms with Crippen LogP contribution in [-0.4, -0.2) is 48.6 Å². The molecule has 1 aliphatic heterocycles. The van der Waals surface area contributed by atoms with Crippen LogP contribution in [0.3, 0.4) is 0 Å². The lowest BCUT2D eigenvalue weighted by atomic mass is 9.84. The van der Waals surface area contributed by atoms with E-state index in [2.05, 4.69) is 21.1 Å². The van der Waals surface area contributed by atoms with E-state index in [9.17, 15) is 4.79 Å².